The van der Waals surface area contributed by atoms with E-state index in [0.29, 0.717) is 13.0 Å². The van der Waals surface area contributed by atoms with E-state index < -0.39 is 11.5 Å². The van der Waals surface area contributed by atoms with Crippen LogP contribution in [-0.4, -0.2) is 32.3 Å². The normalized spacial score (nSPS) is 11.4. The van der Waals surface area contributed by atoms with E-state index in [9.17, 15) is 9.59 Å². The first-order valence-corrected chi connectivity index (χ1v) is 6.28. The minimum Gasteiger partial charge on any atom is -0.480 e. The highest BCUT2D eigenvalue weighted by Crippen LogP contribution is 2.06. The Morgan fingerprint density at radius 2 is 2.05 bits per heavy atom. The molecule has 1 heterocycles. The SMILES string of the molecule is Cc1cc(C)n(CCCC(=O)NC(C)(C)C(=O)O)n1. The number of nitrogens with one attached hydrogen (secondary N) is 1. The van der Waals surface area contributed by atoms with Crippen molar-refractivity contribution in [2.24, 2.45) is 0 Å². The summed E-state index contributed by atoms with van der Waals surface area (Å²) >= 11 is 0. The lowest BCUT2D eigenvalue weighted by atomic mass is 10.1. The molecule has 2 N–H and O–H groups in total. The third kappa shape index (κ3) is 4.39. The Hall–Kier alpha value is -1.85. The van der Waals surface area contributed by atoms with Crippen molar-refractivity contribution in [2.45, 2.75) is 52.6 Å². The highest BCUT2D eigenvalue weighted by atomic mass is 16.4. The summed E-state index contributed by atoms with van der Waals surface area (Å²) in [4.78, 5) is 22.5. The lowest BCUT2D eigenvalue weighted by molar-refractivity contribution is -0.146. The number of aliphatic carboxylic acids is 1. The van der Waals surface area contributed by atoms with Crippen LogP contribution in [0.25, 0.3) is 0 Å². The molecule has 1 rings (SSSR count). The number of carboxylic acids is 1. The number of carbonyl (C=O) groups excluding carboxylic acids is 1. The van der Waals surface area contributed by atoms with Gasteiger partial charge in [0.25, 0.3) is 0 Å². The second-order valence-electron chi connectivity index (χ2n) is 5.23. The molecular weight excluding hydrogens is 246 g/mol. The van der Waals surface area contributed by atoms with Gasteiger partial charge in [-0.05, 0) is 40.2 Å². The van der Waals surface area contributed by atoms with Crippen LogP contribution in [0.3, 0.4) is 0 Å². The molecule has 0 fully saturated rings. The number of rotatable bonds is 6. The van der Waals surface area contributed by atoms with Gasteiger partial charge in [0.05, 0.1) is 5.69 Å². The van der Waals surface area contributed by atoms with E-state index in [1.54, 1.807) is 0 Å². The van der Waals surface area contributed by atoms with Crippen LogP contribution in [0.4, 0.5) is 0 Å². The van der Waals surface area contributed by atoms with Gasteiger partial charge >= 0.3 is 5.97 Å². The van der Waals surface area contributed by atoms with Crippen molar-refractivity contribution in [3.8, 4) is 0 Å². The number of carboxylic acid groups (broad SMARTS) is 1. The fourth-order valence-corrected chi connectivity index (χ4v) is 1.76. The Kier molecular flexibility index (Phi) is 4.69. The van der Waals surface area contributed by atoms with E-state index >= 15 is 0 Å². The molecule has 6 heteroatoms. The summed E-state index contributed by atoms with van der Waals surface area (Å²) in [7, 11) is 0. The number of nitrogens with zero attached hydrogens (tertiary/aromatic N) is 2. The predicted octanol–water partition coefficient (Wildman–Crippen LogP) is 1.26. The molecule has 1 aromatic heterocycles. The van der Waals surface area contributed by atoms with Crippen molar-refractivity contribution >= 4 is 11.9 Å². The lowest BCUT2D eigenvalue weighted by Gasteiger charge is -2.20. The van der Waals surface area contributed by atoms with Crippen molar-refractivity contribution in [3.05, 3.63) is 17.5 Å². The molecule has 0 aromatic carbocycles. The molecule has 0 spiro atoms. The van der Waals surface area contributed by atoms with E-state index in [-0.39, 0.29) is 12.3 Å². The lowest BCUT2D eigenvalue weighted by Crippen LogP contribution is -2.49. The first kappa shape index (κ1) is 15.2. The fourth-order valence-electron chi connectivity index (χ4n) is 1.76. The zero-order valence-electron chi connectivity index (χ0n) is 11.9. The number of amides is 1. The second-order valence-corrected chi connectivity index (χ2v) is 5.23. The second kappa shape index (κ2) is 5.86. The molecule has 106 valence electrons. The minimum absolute atomic E-state index is 0.256. The van der Waals surface area contributed by atoms with Crippen LogP contribution in [0.2, 0.25) is 0 Å². The smallest absolute Gasteiger partial charge is 0.328 e. The predicted molar refractivity (Wildman–Crippen MR) is 70.8 cm³/mol. The highest BCUT2D eigenvalue weighted by Gasteiger charge is 2.28. The molecule has 0 saturated heterocycles. The van der Waals surface area contributed by atoms with Gasteiger partial charge in [-0.25, -0.2) is 4.79 Å². The number of hydrogen-bond donors (Lipinski definition) is 2. The maximum atomic E-state index is 11.6. The van der Waals surface area contributed by atoms with E-state index in [2.05, 4.69) is 10.4 Å². The Balaban J connectivity index is 2.39. The zero-order valence-corrected chi connectivity index (χ0v) is 11.9. The van der Waals surface area contributed by atoms with Crippen LogP contribution >= 0.6 is 0 Å². The molecule has 0 radical (unpaired) electrons. The zero-order chi connectivity index (χ0) is 14.6. The molecule has 19 heavy (non-hydrogen) atoms. The summed E-state index contributed by atoms with van der Waals surface area (Å²) in [6, 6.07) is 1.98. The van der Waals surface area contributed by atoms with Crippen LogP contribution in [-0.2, 0) is 16.1 Å². The molecular formula is C13H21N3O3. The van der Waals surface area contributed by atoms with Gasteiger partial charge in [0.15, 0.2) is 0 Å². The molecule has 0 aliphatic heterocycles. The van der Waals surface area contributed by atoms with Crippen LogP contribution < -0.4 is 5.32 Å². The first-order valence-electron chi connectivity index (χ1n) is 6.28. The third-order valence-corrected chi connectivity index (χ3v) is 2.86. The summed E-state index contributed by atoms with van der Waals surface area (Å²) in [5, 5.41) is 15.7. The van der Waals surface area contributed by atoms with Gasteiger partial charge in [0.1, 0.15) is 5.54 Å². The fraction of sp³-hybridized carbons (Fsp3) is 0.615. The highest BCUT2D eigenvalue weighted by molar-refractivity contribution is 5.86. The van der Waals surface area contributed by atoms with Crippen LogP contribution in [0.1, 0.15) is 38.1 Å². The Bertz CT molecular complexity index is 477. The number of hydrogen-bond acceptors (Lipinski definition) is 3. The van der Waals surface area contributed by atoms with E-state index in [1.165, 1.54) is 13.8 Å². The maximum absolute atomic E-state index is 11.6. The van der Waals surface area contributed by atoms with Crippen LogP contribution in [0.15, 0.2) is 6.07 Å². The molecule has 0 aliphatic carbocycles. The van der Waals surface area contributed by atoms with Gasteiger partial charge in [-0.15, -0.1) is 0 Å². The third-order valence-electron chi connectivity index (χ3n) is 2.86. The Morgan fingerprint density at radius 1 is 1.42 bits per heavy atom. The van der Waals surface area contributed by atoms with Gasteiger partial charge in [-0.3, -0.25) is 9.48 Å². The number of aryl methyl sites for hydroxylation is 3. The molecule has 0 saturated carbocycles. The van der Waals surface area contributed by atoms with Crippen molar-refractivity contribution in [1.82, 2.24) is 15.1 Å². The molecule has 0 aliphatic rings. The summed E-state index contributed by atoms with van der Waals surface area (Å²) in [5.74, 6) is -1.30. The van der Waals surface area contributed by atoms with Gasteiger partial charge in [-0.1, -0.05) is 0 Å². The largest absolute Gasteiger partial charge is 0.480 e. The van der Waals surface area contributed by atoms with E-state index in [4.69, 9.17) is 5.11 Å². The molecule has 1 aromatic rings. The topological polar surface area (TPSA) is 84.2 Å². The van der Waals surface area contributed by atoms with Gasteiger partial charge in [0.2, 0.25) is 5.91 Å². The molecule has 0 unspecified atom stereocenters. The van der Waals surface area contributed by atoms with Crippen molar-refractivity contribution < 1.29 is 14.7 Å². The first-order chi connectivity index (χ1) is 8.72. The average Bonchev–Trinajstić information content (AvgIpc) is 2.56. The summed E-state index contributed by atoms with van der Waals surface area (Å²) in [6.45, 7) is 7.47. The van der Waals surface area contributed by atoms with Crippen molar-refractivity contribution in [3.63, 3.8) is 0 Å². The van der Waals surface area contributed by atoms with Gasteiger partial charge in [0, 0.05) is 18.7 Å². The standard InChI is InChI=1S/C13H21N3O3/c1-9-8-10(2)16(15-9)7-5-6-11(17)14-13(3,4)12(18)19/h8H,5-7H2,1-4H3,(H,14,17)(H,18,19). The molecule has 0 atom stereocenters. The Morgan fingerprint density at radius 3 is 2.53 bits per heavy atom. The minimum atomic E-state index is -1.23. The van der Waals surface area contributed by atoms with Crippen LogP contribution in [0.5, 0.6) is 0 Å². The summed E-state index contributed by atoms with van der Waals surface area (Å²) in [6.07, 6.45) is 0.915. The Labute approximate surface area is 112 Å². The van der Waals surface area contributed by atoms with E-state index in [1.807, 2.05) is 24.6 Å². The van der Waals surface area contributed by atoms with Crippen LogP contribution in [0, 0.1) is 13.8 Å². The average molecular weight is 267 g/mol. The summed E-state index contributed by atoms with van der Waals surface area (Å²) < 4.78 is 1.85. The maximum Gasteiger partial charge on any atom is 0.328 e. The monoisotopic (exact) mass is 267 g/mol. The molecule has 6 nitrogen and oxygen atoms in total. The van der Waals surface area contributed by atoms with Crippen molar-refractivity contribution in [2.75, 3.05) is 0 Å². The quantitative estimate of drug-likeness (QED) is 0.812. The molecule has 1 amide bonds. The number of aromatic nitrogens is 2. The summed E-state index contributed by atoms with van der Waals surface area (Å²) in [5.41, 5.74) is 0.785. The molecule has 0 bridgehead atoms. The number of carbonyl (C=O) groups is 2. The van der Waals surface area contributed by atoms with Gasteiger partial charge < -0.3 is 10.4 Å². The van der Waals surface area contributed by atoms with Crippen molar-refractivity contribution in [1.29, 1.82) is 0 Å². The van der Waals surface area contributed by atoms with Gasteiger partial charge in [-0.2, -0.15) is 5.10 Å². The van der Waals surface area contributed by atoms with E-state index in [0.717, 1.165) is 11.4 Å².